The van der Waals surface area contributed by atoms with Crippen molar-refractivity contribution in [1.82, 2.24) is 0 Å². The van der Waals surface area contributed by atoms with Gasteiger partial charge in [0.1, 0.15) is 0 Å². The minimum absolute atomic E-state index is 0.837. The van der Waals surface area contributed by atoms with Gasteiger partial charge in [-0.05, 0) is 50.8 Å². The minimum atomic E-state index is 0.837. The van der Waals surface area contributed by atoms with Gasteiger partial charge in [-0.15, -0.1) is 0 Å². The van der Waals surface area contributed by atoms with Crippen LogP contribution in [0.2, 0.25) is 0 Å². The fourth-order valence-electron chi connectivity index (χ4n) is 1.88. The zero-order valence-electron chi connectivity index (χ0n) is 10.1. The van der Waals surface area contributed by atoms with E-state index in [0.29, 0.717) is 0 Å². The van der Waals surface area contributed by atoms with Gasteiger partial charge in [0.15, 0.2) is 0 Å². The summed E-state index contributed by atoms with van der Waals surface area (Å²) in [5, 5.41) is 0. The molecule has 1 rings (SSSR count). The van der Waals surface area contributed by atoms with Crippen LogP contribution in [0.1, 0.15) is 42.4 Å². The Balaban J connectivity index is 2.33. The van der Waals surface area contributed by atoms with Gasteiger partial charge in [-0.25, -0.2) is 0 Å². The quantitative estimate of drug-likeness (QED) is 0.708. The molecule has 1 aromatic rings. The topological polar surface area (TPSA) is 26.0 Å². The van der Waals surface area contributed by atoms with Crippen LogP contribution in [0, 0.1) is 13.8 Å². The van der Waals surface area contributed by atoms with Crippen molar-refractivity contribution in [2.45, 2.75) is 46.0 Å². The van der Waals surface area contributed by atoms with Gasteiger partial charge in [0, 0.05) is 0 Å². The summed E-state index contributed by atoms with van der Waals surface area (Å²) >= 11 is 0. The smallest absolute Gasteiger partial charge is 0.00773 e. The van der Waals surface area contributed by atoms with Gasteiger partial charge in [-0.2, -0.15) is 0 Å². The normalized spacial score (nSPS) is 10.6. The molecule has 15 heavy (non-hydrogen) atoms. The largest absolute Gasteiger partial charge is 0.330 e. The maximum atomic E-state index is 5.47. The predicted molar refractivity (Wildman–Crippen MR) is 67.1 cm³/mol. The highest BCUT2D eigenvalue weighted by Gasteiger charge is 1.98. The first kappa shape index (κ1) is 12.3. The van der Waals surface area contributed by atoms with Crippen LogP contribution in [-0.4, -0.2) is 6.54 Å². The first-order valence-corrected chi connectivity index (χ1v) is 6.00. The van der Waals surface area contributed by atoms with Crippen LogP contribution < -0.4 is 5.73 Å². The summed E-state index contributed by atoms with van der Waals surface area (Å²) < 4.78 is 0. The lowest BCUT2D eigenvalue weighted by Crippen LogP contribution is -1.98. The number of aryl methyl sites for hydroxylation is 3. The van der Waals surface area contributed by atoms with Crippen LogP contribution in [0.15, 0.2) is 18.2 Å². The first-order chi connectivity index (χ1) is 7.24. The van der Waals surface area contributed by atoms with Crippen molar-refractivity contribution in [2.75, 3.05) is 6.54 Å². The Kier molecular flexibility index (Phi) is 5.41. The molecule has 0 fully saturated rings. The predicted octanol–water partition coefficient (Wildman–Crippen LogP) is 3.37. The van der Waals surface area contributed by atoms with E-state index in [1.54, 1.807) is 0 Å². The third kappa shape index (κ3) is 4.48. The SMILES string of the molecule is Cc1ccc(C)c(CCCCCCN)c1. The van der Waals surface area contributed by atoms with E-state index in [1.807, 2.05) is 0 Å². The Hall–Kier alpha value is -0.820. The molecule has 0 aliphatic heterocycles. The summed E-state index contributed by atoms with van der Waals surface area (Å²) in [5.74, 6) is 0. The van der Waals surface area contributed by atoms with E-state index in [2.05, 4.69) is 32.0 Å². The molecule has 1 aromatic carbocycles. The van der Waals surface area contributed by atoms with Gasteiger partial charge < -0.3 is 5.73 Å². The standard InChI is InChI=1S/C14H23N/c1-12-8-9-13(2)14(11-12)7-5-3-4-6-10-15/h8-9,11H,3-7,10,15H2,1-2H3. The molecule has 0 saturated carbocycles. The van der Waals surface area contributed by atoms with Crippen LogP contribution in [0.25, 0.3) is 0 Å². The summed E-state index contributed by atoms with van der Waals surface area (Å²) in [6.07, 6.45) is 6.28. The minimum Gasteiger partial charge on any atom is -0.330 e. The molecule has 0 unspecified atom stereocenters. The van der Waals surface area contributed by atoms with Gasteiger partial charge in [-0.3, -0.25) is 0 Å². The van der Waals surface area contributed by atoms with Gasteiger partial charge in [0.25, 0.3) is 0 Å². The molecule has 0 aromatic heterocycles. The third-order valence-electron chi connectivity index (χ3n) is 2.90. The molecule has 0 spiro atoms. The van der Waals surface area contributed by atoms with Crippen LogP contribution in [0.4, 0.5) is 0 Å². The van der Waals surface area contributed by atoms with E-state index < -0.39 is 0 Å². The zero-order chi connectivity index (χ0) is 11.1. The zero-order valence-corrected chi connectivity index (χ0v) is 10.1. The first-order valence-electron chi connectivity index (χ1n) is 6.00. The number of unbranched alkanes of at least 4 members (excludes halogenated alkanes) is 3. The molecule has 0 atom stereocenters. The number of nitrogens with two attached hydrogens (primary N) is 1. The summed E-state index contributed by atoms with van der Waals surface area (Å²) in [6, 6.07) is 6.73. The average molecular weight is 205 g/mol. The van der Waals surface area contributed by atoms with Crippen molar-refractivity contribution in [3.8, 4) is 0 Å². The van der Waals surface area contributed by atoms with E-state index in [9.17, 15) is 0 Å². The molecule has 1 nitrogen and oxygen atoms in total. The van der Waals surface area contributed by atoms with Gasteiger partial charge in [-0.1, -0.05) is 36.6 Å². The Morgan fingerprint density at radius 3 is 2.47 bits per heavy atom. The number of rotatable bonds is 6. The summed E-state index contributed by atoms with van der Waals surface area (Å²) in [4.78, 5) is 0. The molecule has 1 heteroatoms. The second-order valence-corrected chi connectivity index (χ2v) is 4.38. The maximum Gasteiger partial charge on any atom is -0.00773 e. The molecule has 0 heterocycles. The summed E-state index contributed by atoms with van der Waals surface area (Å²) in [5.41, 5.74) is 9.79. The van der Waals surface area contributed by atoms with Crippen LogP contribution >= 0.6 is 0 Å². The molecule has 0 radical (unpaired) electrons. The van der Waals surface area contributed by atoms with E-state index in [-0.39, 0.29) is 0 Å². The van der Waals surface area contributed by atoms with Crippen molar-refractivity contribution < 1.29 is 0 Å². The molecule has 0 aliphatic rings. The van der Waals surface area contributed by atoms with Gasteiger partial charge >= 0.3 is 0 Å². The molecular formula is C14H23N. The third-order valence-corrected chi connectivity index (χ3v) is 2.90. The lowest BCUT2D eigenvalue weighted by atomic mass is 10.00. The fraction of sp³-hybridized carbons (Fsp3) is 0.571. The number of benzene rings is 1. The van der Waals surface area contributed by atoms with Crippen LogP contribution in [0.3, 0.4) is 0 Å². The van der Waals surface area contributed by atoms with Crippen LogP contribution in [0.5, 0.6) is 0 Å². The van der Waals surface area contributed by atoms with E-state index >= 15 is 0 Å². The Morgan fingerprint density at radius 2 is 1.73 bits per heavy atom. The Morgan fingerprint density at radius 1 is 1.00 bits per heavy atom. The molecule has 0 saturated heterocycles. The van der Waals surface area contributed by atoms with Gasteiger partial charge in [0.2, 0.25) is 0 Å². The number of hydrogen-bond donors (Lipinski definition) is 1. The van der Waals surface area contributed by atoms with Crippen molar-refractivity contribution in [3.05, 3.63) is 34.9 Å². The second kappa shape index (κ2) is 6.62. The lowest BCUT2D eigenvalue weighted by molar-refractivity contribution is 0.645. The summed E-state index contributed by atoms with van der Waals surface area (Å²) in [7, 11) is 0. The lowest BCUT2D eigenvalue weighted by Gasteiger charge is -2.06. The highest BCUT2D eigenvalue weighted by atomic mass is 14.5. The average Bonchev–Trinajstić information content (AvgIpc) is 2.23. The van der Waals surface area contributed by atoms with Crippen molar-refractivity contribution >= 4 is 0 Å². The Labute approximate surface area is 93.7 Å². The summed E-state index contributed by atoms with van der Waals surface area (Å²) in [6.45, 7) is 5.20. The van der Waals surface area contributed by atoms with Crippen molar-refractivity contribution in [2.24, 2.45) is 5.73 Å². The highest BCUT2D eigenvalue weighted by molar-refractivity contribution is 5.30. The second-order valence-electron chi connectivity index (χ2n) is 4.38. The number of hydrogen-bond acceptors (Lipinski definition) is 1. The molecule has 2 N–H and O–H groups in total. The molecule has 0 bridgehead atoms. The van der Waals surface area contributed by atoms with E-state index in [4.69, 9.17) is 5.73 Å². The fourth-order valence-corrected chi connectivity index (χ4v) is 1.88. The molecular weight excluding hydrogens is 182 g/mol. The molecule has 84 valence electrons. The van der Waals surface area contributed by atoms with Gasteiger partial charge in [0.05, 0.1) is 0 Å². The van der Waals surface area contributed by atoms with Crippen molar-refractivity contribution in [1.29, 1.82) is 0 Å². The highest BCUT2D eigenvalue weighted by Crippen LogP contribution is 2.14. The molecule has 0 aliphatic carbocycles. The molecule has 0 amide bonds. The van der Waals surface area contributed by atoms with E-state index in [0.717, 1.165) is 6.54 Å². The monoisotopic (exact) mass is 205 g/mol. The van der Waals surface area contributed by atoms with E-state index in [1.165, 1.54) is 48.8 Å². The van der Waals surface area contributed by atoms with Crippen molar-refractivity contribution in [3.63, 3.8) is 0 Å². The maximum absolute atomic E-state index is 5.47. The van der Waals surface area contributed by atoms with Crippen LogP contribution in [-0.2, 0) is 6.42 Å². The Bertz CT molecular complexity index is 291.